The molecule has 134 valence electrons. The zero-order chi connectivity index (χ0) is 19.4. The molecule has 0 bridgehead atoms. The fourth-order valence-corrected chi connectivity index (χ4v) is 2.32. The molecule has 3 N–H and O–H groups in total. The predicted molar refractivity (Wildman–Crippen MR) is 88.8 cm³/mol. The number of non-ortho nitro benzene ring substituents is 2. The summed E-state index contributed by atoms with van der Waals surface area (Å²) in [6.07, 6.45) is -0.347. The van der Waals surface area contributed by atoms with Crippen molar-refractivity contribution in [1.29, 1.82) is 0 Å². The summed E-state index contributed by atoms with van der Waals surface area (Å²) in [4.78, 5) is 43.5. The van der Waals surface area contributed by atoms with Gasteiger partial charge in [0.2, 0.25) is 0 Å². The molecule has 0 saturated heterocycles. The summed E-state index contributed by atoms with van der Waals surface area (Å²) in [6.45, 7) is 0. The number of nitrogens with zero attached hydrogens (tertiary/aromatic N) is 2. The second-order valence-corrected chi connectivity index (χ2v) is 5.41. The Morgan fingerprint density at radius 3 is 2.08 bits per heavy atom. The molecule has 0 saturated carbocycles. The van der Waals surface area contributed by atoms with E-state index in [1.165, 1.54) is 18.2 Å². The van der Waals surface area contributed by atoms with Crippen molar-refractivity contribution in [2.24, 2.45) is 5.73 Å². The molecule has 0 radical (unpaired) electrons. The van der Waals surface area contributed by atoms with Gasteiger partial charge in [-0.25, -0.2) is 0 Å². The number of hydrogen-bond donors (Lipinski definition) is 2. The first-order valence-corrected chi connectivity index (χ1v) is 7.25. The molecule has 10 nitrogen and oxygen atoms in total. The third-order valence-electron chi connectivity index (χ3n) is 3.56. The third kappa shape index (κ3) is 4.24. The van der Waals surface area contributed by atoms with E-state index in [4.69, 9.17) is 10.8 Å². The maximum atomic E-state index is 12.6. The van der Waals surface area contributed by atoms with Crippen LogP contribution in [0.25, 0.3) is 0 Å². The van der Waals surface area contributed by atoms with E-state index in [1.807, 2.05) is 0 Å². The van der Waals surface area contributed by atoms with E-state index in [2.05, 4.69) is 0 Å². The Balaban J connectivity index is 2.44. The summed E-state index contributed by atoms with van der Waals surface area (Å²) in [6, 6.07) is 7.59. The van der Waals surface area contributed by atoms with Gasteiger partial charge in [-0.3, -0.25) is 29.8 Å². The zero-order valence-corrected chi connectivity index (χ0v) is 13.2. The minimum absolute atomic E-state index is 0.0816. The Morgan fingerprint density at radius 1 is 1.00 bits per heavy atom. The van der Waals surface area contributed by atoms with Crippen LogP contribution < -0.4 is 5.73 Å². The highest BCUT2D eigenvalue weighted by molar-refractivity contribution is 6.09. The first-order chi connectivity index (χ1) is 12.2. The van der Waals surface area contributed by atoms with Crippen LogP contribution in [0.5, 0.6) is 0 Å². The van der Waals surface area contributed by atoms with Gasteiger partial charge in [-0.1, -0.05) is 18.2 Å². The lowest BCUT2D eigenvalue weighted by Gasteiger charge is -2.10. The van der Waals surface area contributed by atoms with E-state index >= 15 is 0 Å². The summed E-state index contributed by atoms with van der Waals surface area (Å²) in [5, 5.41) is 30.7. The average Bonchev–Trinajstić information content (AvgIpc) is 2.60. The van der Waals surface area contributed by atoms with Crippen molar-refractivity contribution in [3.63, 3.8) is 0 Å². The number of nitro benzene ring substituents is 2. The van der Waals surface area contributed by atoms with Crippen LogP contribution >= 0.6 is 0 Å². The molecule has 0 aliphatic carbocycles. The van der Waals surface area contributed by atoms with Crippen molar-refractivity contribution in [2.45, 2.75) is 12.5 Å². The highest BCUT2D eigenvalue weighted by Crippen LogP contribution is 2.25. The predicted octanol–water partition coefficient (Wildman–Crippen LogP) is 2.21. The Kier molecular flexibility index (Phi) is 5.38. The van der Waals surface area contributed by atoms with Crippen LogP contribution in [-0.4, -0.2) is 26.7 Å². The molecule has 26 heavy (non-hydrogen) atoms. The maximum absolute atomic E-state index is 12.6. The number of hydrogen-bond acceptors (Lipinski definition) is 7. The number of aliphatic carboxylic acids is 1. The number of ketones is 1. The minimum Gasteiger partial charge on any atom is -0.481 e. The van der Waals surface area contributed by atoms with Crippen molar-refractivity contribution in [3.8, 4) is 0 Å². The van der Waals surface area contributed by atoms with Crippen molar-refractivity contribution in [2.75, 3.05) is 0 Å². The summed E-state index contributed by atoms with van der Waals surface area (Å²) < 4.78 is 0. The molecule has 2 aromatic rings. The van der Waals surface area contributed by atoms with Crippen molar-refractivity contribution < 1.29 is 24.5 Å². The monoisotopic (exact) mass is 359 g/mol. The quantitative estimate of drug-likeness (QED) is 0.431. The van der Waals surface area contributed by atoms with Crippen LogP contribution in [0.1, 0.15) is 33.9 Å². The SMILES string of the molecule is N[C@@H](CC(=O)O)c1cccc(C(=O)c2cc([N+](=O)[O-])cc([N+](=O)[O-])c2)c1. The summed E-state index contributed by atoms with van der Waals surface area (Å²) in [7, 11) is 0. The van der Waals surface area contributed by atoms with Crippen LogP contribution in [0, 0.1) is 20.2 Å². The standard InChI is InChI=1S/C16H13N3O7/c17-14(8-15(20)21)9-2-1-3-10(4-9)16(22)11-5-12(18(23)24)7-13(6-11)19(25)26/h1-7,14H,8,17H2,(H,20,21)/t14-/m0/s1. The molecular weight excluding hydrogens is 346 g/mol. The van der Waals surface area contributed by atoms with Gasteiger partial charge in [-0.2, -0.15) is 0 Å². The zero-order valence-electron chi connectivity index (χ0n) is 13.2. The molecule has 0 aliphatic heterocycles. The second-order valence-electron chi connectivity index (χ2n) is 5.41. The number of carbonyl (C=O) groups is 2. The first kappa shape index (κ1) is 18.7. The smallest absolute Gasteiger partial charge is 0.305 e. The number of rotatable bonds is 7. The Hall–Kier alpha value is -3.66. The normalized spacial score (nSPS) is 11.6. The topological polar surface area (TPSA) is 167 Å². The molecule has 0 fully saturated rings. The third-order valence-corrected chi connectivity index (χ3v) is 3.56. The van der Waals surface area contributed by atoms with Crippen LogP contribution in [0.2, 0.25) is 0 Å². The van der Waals surface area contributed by atoms with E-state index < -0.39 is 39.0 Å². The molecule has 0 aliphatic rings. The first-order valence-electron chi connectivity index (χ1n) is 7.25. The van der Waals surface area contributed by atoms with Gasteiger partial charge in [0, 0.05) is 29.3 Å². The lowest BCUT2D eigenvalue weighted by molar-refractivity contribution is -0.394. The van der Waals surface area contributed by atoms with Gasteiger partial charge in [0.25, 0.3) is 11.4 Å². The number of benzene rings is 2. The van der Waals surface area contributed by atoms with Crippen molar-refractivity contribution in [1.82, 2.24) is 0 Å². The summed E-state index contributed by atoms with van der Waals surface area (Å²) >= 11 is 0. The lowest BCUT2D eigenvalue weighted by Crippen LogP contribution is -2.15. The highest BCUT2D eigenvalue weighted by Gasteiger charge is 2.21. The van der Waals surface area contributed by atoms with E-state index in [9.17, 15) is 29.8 Å². The van der Waals surface area contributed by atoms with Crippen LogP contribution in [0.15, 0.2) is 42.5 Å². The summed E-state index contributed by atoms with van der Waals surface area (Å²) in [5.41, 5.74) is 4.84. The Bertz CT molecular complexity index is 878. The highest BCUT2D eigenvalue weighted by atomic mass is 16.6. The molecule has 1 atom stereocenters. The van der Waals surface area contributed by atoms with Gasteiger partial charge in [0.1, 0.15) is 0 Å². The Morgan fingerprint density at radius 2 is 1.58 bits per heavy atom. The fraction of sp³-hybridized carbons (Fsp3) is 0.125. The second kappa shape index (κ2) is 7.49. The number of carbonyl (C=O) groups excluding carboxylic acids is 1. The average molecular weight is 359 g/mol. The van der Waals surface area contributed by atoms with Crippen LogP contribution in [0.3, 0.4) is 0 Å². The number of carboxylic acid groups (broad SMARTS) is 1. The molecule has 0 unspecified atom stereocenters. The molecule has 0 spiro atoms. The molecule has 0 amide bonds. The van der Waals surface area contributed by atoms with Crippen molar-refractivity contribution >= 4 is 23.1 Å². The molecule has 10 heteroatoms. The maximum Gasteiger partial charge on any atom is 0.305 e. The van der Waals surface area contributed by atoms with Crippen molar-refractivity contribution in [3.05, 3.63) is 79.4 Å². The number of carboxylic acids is 1. The summed E-state index contributed by atoms with van der Waals surface area (Å²) in [5.74, 6) is -1.79. The molecule has 0 heterocycles. The largest absolute Gasteiger partial charge is 0.481 e. The molecule has 2 rings (SSSR count). The van der Waals surface area contributed by atoms with Crippen LogP contribution in [0.4, 0.5) is 11.4 Å². The lowest BCUT2D eigenvalue weighted by atomic mass is 9.97. The van der Waals surface area contributed by atoms with Crippen LogP contribution in [-0.2, 0) is 4.79 Å². The van der Waals surface area contributed by atoms with Gasteiger partial charge < -0.3 is 10.8 Å². The molecule has 0 aromatic heterocycles. The van der Waals surface area contributed by atoms with Gasteiger partial charge in [-0.15, -0.1) is 0 Å². The fourth-order valence-electron chi connectivity index (χ4n) is 2.32. The van der Waals surface area contributed by atoms with Gasteiger partial charge in [0.15, 0.2) is 5.78 Å². The molecular formula is C16H13N3O7. The van der Waals surface area contributed by atoms with Gasteiger partial charge in [-0.05, 0) is 11.6 Å². The minimum atomic E-state index is -1.11. The van der Waals surface area contributed by atoms with E-state index in [0.717, 1.165) is 18.2 Å². The number of nitrogens with two attached hydrogens (primary N) is 1. The van der Waals surface area contributed by atoms with E-state index in [0.29, 0.717) is 5.56 Å². The molecule has 2 aromatic carbocycles. The van der Waals surface area contributed by atoms with Gasteiger partial charge >= 0.3 is 5.97 Å². The van der Waals surface area contributed by atoms with E-state index in [1.54, 1.807) is 6.07 Å². The van der Waals surface area contributed by atoms with Gasteiger partial charge in [0.05, 0.1) is 22.3 Å². The number of nitro groups is 2. The Labute approximate surface area is 146 Å². The van der Waals surface area contributed by atoms with E-state index in [-0.39, 0.29) is 17.5 Å².